The molecule has 1 saturated heterocycles. The number of likely N-dealkylation sites (tertiary alicyclic amines) is 1. The standard InChI is InChI=1S/C29H35F3N6O4S/c1-43(41,42)36-14-11-26-24(19-36)27(34-38(26)18-23(39)17-35-12-5-6-13-35)21-9-10-25(29(30,31)32)22(15-21)16-37(33)28(40)20-7-3-2-4-8-20/h2-4,7-10,15,23,39H,5-6,11-14,16-19,33H2,1H3. The number of aliphatic hydroxyl groups is 1. The molecule has 1 amide bonds. The minimum atomic E-state index is -4.71. The van der Waals surface area contributed by atoms with E-state index in [1.807, 2.05) is 0 Å². The van der Waals surface area contributed by atoms with Crippen molar-refractivity contribution < 1.29 is 31.5 Å². The Balaban J connectivity index is 1.52. The minimum absolute atomic E-state index is 0.00240. The van der Waals surface area contributed by atoms with Crippen molar-refractivity contribution >= 4 is 15.9 Å². The molecule has 3 N–H and O–H groups in total. The minimum Gasteiger partial charge on any atom is -0.390 e. The zero-order valence-corrected chi connectivity index (χ0v) is 24.6. The number of fused-ring (bicyclic) bond motifs is 1. The third-order valence-corrected chi connectivity index (χ3v) is 9.18. The van der Waals surface area contributed by atoms with Crippen molar-refractivity contribution in [1.29, 1.82) is 0 Å². The van der Waals surface area contributed by atoms with Crippen LogP contribution in [0.15, 0.2) is 48.5 Å². The molecule has 0 spiro atoms. The van der Waals surface area contributed by atoms with Crippen LogP contribution in [0, 0.1) is 0 Å². The van der Waals surface area contributed by atoms with Gasteiger partial charge >= 0.3 is 6.18 Å². The Morgan fingerprint density at radius 1 is 1.09 bits per heavy atom. The van der Waals surface area contributed by atoms with E-state index in [0.717, 1.165) is 49.0 Å². The third-order valence-electron chi connectivity index (χ3n) is 7.93. The lowest BCUT2D eigenvalue weighted by atomic mass is 9.97. The molecule has 0 radical (unpaired) electrons. The number of benzene rings is 2. The van der Waals surface area contributed by atoms with Gasteiger partial charge in [-0.2, -0.15) is 22.6 Å². The first-order valence-corrected chi connectivity index (χ1v) is 15.9. The van der Waals surface area contributed by atoms with Gasteiger partial charge in [-0.15, -0.1) is 0 Å². The van der Waals surface area contributed by atoms with Gasteiger partial charge in [0.1, 0.15) is 0 Å². The van der Waals surface area contributed by atoms with E-state index >= 15 is 0 Å². The smallest absolute Gasteiger partial charge is 0.390 e. The lowest BCUT2D eigenvalue weighted by molar-refractivity contribution is -0.138. The number of sulfonamides is 1. The second-order valence-electron chi connectivity index (χ2n) is 11.1. The molecular weight excluding hydrogens is 585 g/mol. The van der Waals surface area contributed by atoms with Crippen molar-refractivity contribution in [3.8, 4) is 11.3 Å². The molecule has 2 aliphatic heterocycles. The first-order valence-electron chi connectivity index (χ1n) is 14.1. The summed E-state index contributed by atoms with van der Waals surface area (Å²) < 4.78 is 69.9. The van der Waals surface area contributed by atoms with Crippen molar-refractivity contribution in [2.45, 2.75) is 51.2 Å². The lowest BCUT2D eigenvalue weighted by Crippen LogP contribution is -2.37. The second kappa shape index (κ2) is 12.4. The van der Waals surface area contributed by atoms with Crippen LogP contribution in [0.3, 0.4) is 0 Å². The summed E-state index contributed by atoms with van der Waals surface area (Å²) in [6, 6.07) is 11.5. The van der Waals surface area contributed by atoms with Crippen LogP contribution in [0.2, 0.25) is 0 Å². The predicted molar refractivity (Wildman–Crippen MR) is 154 cm³/mol. The van der Waals surface area contributed by atoms with Gasteiger partial charge in [0.15, 0.2) is 0 Å². The maximum atomic E-state index is 14.1. The normalized spacial score (nSPS) is 17.2. The summed E-state index contributed by atoms with van der Waals surface area (Å²) in [5, 5.41) is 16.3. The lowest BCUT2D eigenvalue weighted by Gasteiger charge is -2.26. The Bertz CT molecular complexity index is 1570. The fraction of sp³-hybridized carbons (Fsp3) is 0.448. The number of aromatic nitrogens is 2. The van der Waals surface area contributed by atoms with Crippen LogP contribution in [0.25, 0.3) is 11.3 Å². The molecule has 10 nitrogen and oxygen atoms in total. The van der Waals surface area contributed by atoms with E-state index in [4.69, 9.17) is 10.9 Å². The number of aliphatic hydroxyl groups excluding tert-OH is 1. The summed E-state index contributed by atoms with van der Waals surface area (Å²) in [5.41, 5.74) is 1.00. The van der Waals surface area contributed by atoms with Gasteiger partial charge in [-0.25, -0.2) is 14.3 Å². The van der Waals surface area contributed by atoms with E-state index in [1.165, 1.54) is 28.6 Å². The van der Waals surface area contributed by atoms with Crippen LogP contribution < -0.4 is 5.84 Å². The molecule has 0 bridgehead atoms. The fourth-order valence-corrected chi connectivity index (χ4v) is 6.59. The molecule has 2 aliphatic rings. The first kappa shape index (κ1) is 31.1. The summed E-state index contributed by atoms with van der Waals surface area (Å²) >= 11 is 0. The average Bonchev–Trinajstić information content (AvgIpc) is 3.59. The van der Waals surface area contributed by atoms with Gasteiger partial charge in [0, 0.05) is 48.4 Å². The van der Waals surface area contributed by atoms with Gasteiger partial charge < -0.3 is 10.0 Å². The van der Waals surface area contributed by atoms with E-state index in [1.54, 1.807) is 22.9 Å². The molecule has 1 unspecified atom stereocenters. The number of carbonyl (C=O) groups is 1. The Morgan fingerprint density at radius 2 is 1.79 bits per heavy atom. The summed E-state index contributed by atoms with van der Waals surface area (Å²) in [7, 11) is -3.55. The molecule has 1 aromatic heterocycles. The van der Waals surface area contributed by atoms with E-state index in [2.05, 4.69) is 4.90 Å². The number of hydrogen-bond acceptors (Lipinski definition) is 7. The Hall–Kier alpha value is -3.30. The fourth-order valence-electron chi connectivity index (χ4n) is 5.80. The molecule has 0 aliphatic carbocycles. The summed E-state index contributed by atoms with van der Waals surface area (Å²) in [5.74, 6) is 5.33. The molecule has 2 aromatic carbocycles. The van der Waals surface area contributed by atoms with Crippen LogP contribution in [-0.4, -0.2) is 82.0 Å². The molecule has 232 valence electrons. The van der Waals surface area contributed by atoms with Gasteiger partial charge in [0.05, 0.1) is 36.7 Å². The van der Waals surface area contributed by atoms with Crippen molar-refractivity contribution in [3.63, 3.8) is 0 Å². The predicted octanol–water partition coefficient (Wildman–Crippen LogP) is 2.86. The van der Waals surface area contributed by atoms with Crippen LogP contribution in [0.4, 0.5) is 13.2 Å². The van der Waals surface area contributed by atoms with Crippen molar-refractivity contribution in [2.75, 3.05) is 32.4 Å². The maximum Gasteiger partial charge on any atom is 0.416 e. The number of alkyl halides is 3. The van der Waals surface area contributed by atoms with Gasteiger partial charge in [-0.1, -0.05) is 24.3 Å². The van der Waals surface area contributed by atoms with Crippen LogP contribution >= 0.6 is 0 Å². The molecule has 1 fully saturated rings. The molecule has 3 heterocycles. The van der Waals surface area contributed by atoms with E-state index in [-0.39, 0.29) is 30.8 Å². The highest BCUT2D eigenvalue weighted by atomic mass is 32.2. The van der Waals surface area contributed by atoms with Crippen LogP contribution in [0.1, 0.15) is 45.6 Å². The first-order chi connectivity index (χ1) is 20.3. The number of carbonyl (C=O) groups excluding carboxylic acids is 1. The van der Waals surface area contributed by atoms with E-state index in [0.29, 0.717) is 29.8 Å². The number of β-amino-alcohol motifs (C(OH)–C–C–N with tert-alkyl or cyclic N) is 1. The molecule has 5 rings (SSSR count). The summed E-state index contributed by atoms with van der Waals surface area (Å²) in [6.45, 7) is 2.13. The largest absolute Gasteiger partial charge is 0.416 e. The van der Waals surface area contributed by atoms with Crippen LogP contribution in [-0.2, 0) is 42.3 Å². The van der Waals surface area contributed by atoms with Crippen molar-refractivity contribution in [3.05, 3.63) is 76.5 Å². The van der Waals surface area contributed by atoms with Crippen LogP contribution in [0.5, 0.6) is 0 Å². The summed E-state index contributed by atoms with van der Waals surface area (Å²) in [6.07, 6.45) is -1.86. The zero-order chi connectivity index (χ0) is 30.9. The number of hydrogen-bond donors (Lipinski definition) is 2. The average molecular weight is 621 g/mol. The number of nitrogens with two attached hydrogens (primary N) is 1. The SMILES string of the molecule is CS(=O)(=O)N1CCc2c(c(-c3ccc(C(F)(F)F)c(CN(N)C(=O)c4ccccc4)c3)nn2CC(O)CN2CCCC2)C1. The topological polar surface area (TPSA) is 125 Å². The molecule has 0 saturated carbocycles. The monoisotopic (exact) mass is 620 g/mol. The Kier molecular flexibility index (Phi) is 8.95. The quantitative estimate of drug-likeness (QED) is 0.214. The number of hydrazine groups is 1. The summed E-state index contributed by atoms with van der Waals surface area (Å²) in [4.78, 5) is 15.0. The van der Waals surface area contributed by atoms with Gasteiger partial charge in [-0.3, -0.25) is 14.5 Å². The Morgan fingerprint density at radius 3 is 2.44 bits per heavy atom. The highest BCUT2D eigenvalue weighted by Gasteiger charge is 2.35. The highest BCUT2D eigenvalue weighted by molar-refractivity contribution is 7.88. The van der Waals surface area contributed by atoms with Gasteiger partial charge in [-0.05, 0) is 55.8 Å². The molecular formula is C29H35F3N6O4S. The number of rotatable bonds is 9. The zero-order valence-electron chi connectivity index (χ0n) is 23.8. The van der Waals surface area contributed by atoms with Crippen molar-refractivity contribution in [1.82, 2.24) is 24.0 Å². The number of halogens is 3. The van der Waals surface area contributed by atoms with Crippen molar-refractivity contribution in [2.24, 2.45) is 5.84 Å². The number of amides is 1. The maximum absolute atomic E-state index is 14.1. The van der Waals surface area contributed by atoms with Gasteiger partial charge in [0.2, 0.25) is 10.0 Å². The van der Waals surface area contributed by atoms with E-state index in [9.17, 15) is 31.5 Å². The molecule has 14 heteroatoms. The second-order valence-corrected chi connectivity index (χ2v) is 13.1. The molecule has 43 heavy (non-hydrogen) atoms. The third kappa shape index (κ3) is 7.10. The Labute approximate surface area is 248 Å². The highest BCUT2D eigenvalue weighted by Crippen LogP contribution is 2.37. The molecule has 3 aromatic rings. The number of nitrogens with zero attached hydrogens (tertiary/aromatic N) is 5. The molecule has 1 atom stereocenters. The van der Waals surface area contributed by atoms with Gasteiger partial charge in [0.25, 0.3) is 5.91 Å². The van der Waals surface area contributed by atoms with E-state index < -0.39 is 40.3 Å².